The number of benzene rings is 1. The van der Waals surface area contributed by atoms with Gasteiger partial charge in [0.1, 0.15) is 0 Å². The van der Waals surface area contributed by atoms with Crippen LogP contribution in [-0.2, 0) is 0 Å². The Morgan fingerprint density at radius 3 is 2.44 bits per heavy atom. The molecule has 0 bridgehead atoms. The fraction of sp³-hybridized carbons (Fsp3) is 0.500. The van der Waals surface area contributed by atoms with Gasteiger partial charge in [0.15, 0.2) is 0 Å². The Balaban J connectivity index is 1.50. The van der Waals surface area contributed by atoms with Crippen molar-refractivity contribution in [1.82, 2.24) is 4.90 Å². The fourth-order valence-electron chi connectivity index (χ4n) is 4.06. The van der Waals surface area contributed by atoms with Crippen molar-refractivity contribution in [2.45, 2.75) is 39.2 Å². The van der Waals surface area contributed by atoms with E-state index in [9.17, 15) is 4.79 Å². The number of nitrogens with two attached hydrogens (primary N) is 1. The second kappa shape index (κ2) is 7.64. The molecule has 1 atom stereocenters. The second-order valence-electron chi connectivity index (χ2n) is 8.14. The number of likely N-dealkylation sites (tertiary alicyclic amines) is 1. The maximum atomic E-state index is 12.8. The fourth-order valence-corrected chi connectivity index (χ4v) is 5.20. The first kappa shape index (κ1) is 18.5. The number of aryl methyl sites for hydroxylation is 1. The van der Waals surface area contributed by atoms with Gasteiger partial charge < -0.3 is 15.5 Å². The van der Waals surface area contributed by atoms with Crippen LogP contribution in [0.3, 0.4) is 0 Å². The zero-order chi connectivity index (χ0) is 19.0. The molecule has 2 N–H and O–H groups in total. The summed E-state index contributed by atoms with van der Waals surface area (Å²) < 4.78 is 0. The highest BCUT2D eigenvalue weighted by Gasteiger charge is 2.27. The normalized spacial score (nSPS) is 21.1. The van der Waals surface area contributed by atoms with Gasteiger partial charge in [0.05, 0.1) is 4.88 Å². The first-order valence-electron chi connectivity index (χ1n) is 10.0. The third-order valence-electron chi connectivity index (χ3n) is 5.92. The topological polar surface area (TPSA) is 49.6 Å². The van der Waals surface area contributed by atoms with E-state index in [1.54, 1.807) is 11.3 Å². The van der Waals surface area contributed by atoms with Crippen LogP contribution in [0.15, 0.2) is 30.3 Å². The first-order chi connectivity index (χ1) is 13.0. The third-order valence-corrected chi connectivity index (χ3v) is 7.20. The molecule has 0 saturated carbocycles. The quantitative estimate of drug-likeness (QED) is 0.867. The lowest BCUT2D eigenvalue weighted by atomic mass is 9.98. The van der Waals surface area contributed by atoms with Crippen LogP contribution < -0.4 is 10.6 Å². The summed E-state index contributed by atoms with van der Waals surface area (Å²) in [6.07, 6.45) is 3.45. The van der Waals surface area contributed by atoms with Crippen LogP contribution in [0.5, 0.6) is 0 Å². The number of hydrogen-bond donors (Lipinski definition) is 1. The summed E-state index contributed by atoms with van der Waals surface area (Å²) >= 11 is 1.60. The number of amides is 1. The van der Waals surface area contributed by atoms with Gasteiger partial charge in [-0.15, -0.1) is 11.3 Å². The van der Waals surface area contributed by atoms with Gasteiger partial charge in [0, 0.05) is 42.8 Å². The third kappa shape index (κ3) is 3.90. The van der Waals surface area contributed by atoms with Crippen LogP contribution in [-0.4, -0.2) is 43.0 Å². The molecule has 5 heteroatoms. The number of anilines is 1. The number of rotatable bonds is 3. The second-order valence-corrected chi connectivity index (χ2v) is 9.19. The van der Waals surface area contributed by atoms with Crippen molar-refractivity contribution < 1.29 is 4.79 Å². The Bertz CT molecular complexity index is 805. The zero-order valence-electron chi connectivity index (χ0n) is 16.3. The Morgan fingerprint density at radius 2 is 1.81 bits per heavy atom. The predicted molar refractivity (Wildman–Crippen MR) is 114 cm³/mol. The maximum absolute atomic E-state index is 12.8. The molecule has 3 heterocycles. The SMILES string of the molecule is Cc1cc(-c2ccc(N3CCC(C)CC3)cc2)sc1C(=O)N1CC[C@H](N)C1. The van der Waals surface area contributed by atoms with Crippen LogP contribution in [0, 0.1) is 12.8 Å². The molecule has 2 fully saturated rings. The molecule has 1 amide bonds. The zero-order valence-corrected chi connectivity index (χ0v) is 17.1. The number of carbonyl (C=O) groups excluding carboxylic acids is 1. The van der Waals surface area contributed by atoms with E-state index in [1.807, 2.05) is 11.8 Å². The molecule has 144 valence electrons. The Kier molecular flexibility index (Phi) is 5.24. The lowest BCUT2D eigenvalue weighted by Crippen LogP contribution is -2.32. The molecule has 2 aliphatic heterocycles. The van der Waals surface area contributed by atoms with Gasteiger partial charge in [-0.05, 0) is 61.4 Å². The molecule has 0 unspecified atom stereocenters. The molecular formula is C22H29N3OS. The minimum Gasteiger partial charge on any atom is -0.372 e. The minimum atomic E-state index is 0.124. The van der Waals surface area contributed by atoms with Gasteiger partial charge in [0.25, 0.3) is 5.91 Å². The summed E-state index contributed by atoms with van der Waals surface area (Å²) in [6.45, 7) is 8.12. The van der Waals surface area contributed by atoms with Crippen LogP contribution in [0.1, 0.15) is 41.4 Å². The summed E-state index contributed by atoms with van der Waals surface area (Å²) in [5.41, 5.74) is 9.52. The summed E-state index contributed by atoms with van der Waals surface area (Å²) in [6, 6.07) is 11.1. The minimum absolute atomic E-state index is 0.124. The highest BCUT2D eigenvalue weighted by Crippen LogP contribution is 2.34. The number of thiophene rings is 1. The van der Waals surface area contributed by atoms with Crippen molar-refractivity contribution in [2.24, 2.45) is 11.7 Å². The smallest absolute Gasteiger partial charge is 0.264 e. The van der Waals surface area contributed by atoms with E-state index in [1.165, 1.54) is 24.1 Å². The highest BCUT2D eigenvalue weighted by molar-refractivity contribution is 7.17. The van der Waals surface area contributed by atoms with Crippen molar-refractivity contribution in [3.63, 3.8) is 0 Å². The average Bonchev–Trinajstić information content (AvgIpc) is 3.28. The molecule has 4 rings (SSSR count). The van der Waals surface area contributed by atoms with E-state index < -0.39 is 0 Å². The summed E-state index contributed by atoms with van der Waals surface area (Å²) in [7, 11) is 0. The summed E-state index contributed by atoms with van der Waals surface area (Å²) in [5.74, 6) is 0.978. The molecule has 2 aromatic rings. The molecular weight excluding hydrogens is 354 g/mol. The van der Waals surface area contributed by atoms with E-state index in [0.717, 1.165) is 47.3 Å². The van der Waals surface area contributed by atoms with Crippen molar-refractivity contribution in [2.75, 3.05) is 31.1 Å². The van der Waals surface area contributed by atoms with Crippen LogP contribution in [0.25, 0.3) is 10.4 Å². The molecule has 27 heavy (non-hydrogen) atoms. The van der Waals surface area contributed by atoms with E-state index in [2.05, 4.69) is 42.2 Å². The standard InChI is InChI=1S/C22H29N3OS/c1-15-7-10-24(11-8-15)19-5-3-17(4-6-19)20-13-16(2)21(27-20)22(26)25-12-9-18(23)14-25/h3-6,13,15,18H,7-12,14,23H2,1-2H3/t18-/m0/s1. The number of nitrogens with zero attached hydrogens (tertiary/aromatic N) is 2. The number of piperidine rings is 1. The molecule has 2 aliphatic rings. The van der Waals surface area contributed by atoms with E-state index >= 15 is 0 Å². The van der Waals surface area contributed by atoms with E-state index in [0.29, 0.717) is 6.54 Å². The largest absolute Gasteiger partial charge is 0.372 e. The van der Waals surface area contributed by atoms with Gasteiger partial charge in [0.2, 0.25) is 0 Å². The molecule has 1 aromatic carbocycles. The van der Waals surface area contributed by atoms with Crippen LogP contribution in [0.2, 0.25) is 0 Å². The lowest BCUT2D eigenvalue weighted by molar-refractivity contribution is 0.0795. The van der Waals surface area contributed by atoms with E-state index in [-0.39, 0.29) is 11.9 Å². The summed E-state index contributed by atoms with van der Waals surface area (Å²) in [4.78, 5) is 19.2. The van der Waals surface area contributed by atoms with Crippen molar-refractivity contribution in [3.05, 3.63) is 40.8 Å². The van der Waals surface area contributed by atoms with Crippen molar-refractivity contribution in [3.8, 4) is 10.4 Å². The van der Waals surface area contributed by atoms with Gasteiger partial charge in [-0.3, -0.25) is 4.79 Å². The predicted octanol–water partition coefficient (Wildman–Crippen LogP) is 4.13. The van der Waals surface area contributed by atoms with Crippen LogP contribution >= 0.6 is 11.3 Å². The van der Waals surface area contributed by atoms with Gasteiger partial charge in [-0.2, -0.15) is 0 Å². The average molecular weight is 384 g/mol. The summed E-state index contributed by atoms with van der Waals surface area (Å²) in [5, 5.41) is 0. The molecule has 0 aliphatic carbocycles. The molecule has 1 aromatic heterocycles. The Hall–Kier alpha value is -1.85. The van der Waals surface area contributed by atoms with Crippen molar-refractivity contribution >= 4 is 22.9 Å². The number of hydrogen-bond acceptors (Lipinski definition) is 4. The maximum Gasteiger partial charge on any atom is 0.264 e. The van der Waals surface area contributed by atoms with Gasteiger partial charge in [-0.1, -0.05) is 19.1 Å². The molecule has 0 radical (unpaired) electrons. The monoisotopic (exact) mass is 383 g/mol. The van der Waals surface area contributed by atoms with Gasteiger partial charge >= 0.3 is 0 Å². The van der Waals surface area contributed by atoms with Crippen molar-refractivity contribution in [1.29, 1.82) is 0 Å². The Morgan fingerprint density at radius 1 is 1.11 bits per heavy atom. The molecule has 4 nitrogen and oxygen atoms in total. The highest BCUT2D eigenvalue weighted by atomic mass is 32.1. The Labute approximate surface area is 166 Å². The van der Waals surface area contributed by atoms with Gasteiger partial charge in [-0.25, -0.2) is 0 Å². The lowest BCUT2D eigenvalue weighted by Gasteiger charge is -2.32. The van der Waals surface area contributed by atoms with Crippen LogP contribution in [0.4, 0.5) is 5.69 Å². The first-order valence-corrected chi connectivity index (χ1v) is 10.8. The number of carbonyl (C=O) groups is 1. The van der Waals surface area contributed by atoms with E-state index in [4.69, 9.17) is 5.73 Å². The molecule has 2 saturated heterocycles. The molecule has 0 spiro atoms.